The lowest BCUT2D eigenvalue weighted by molar-refractivity contribution is 0.0982. The maximum absolute atomic E-state index is 13.4. The number of nitrogens with zero attached hydrogens (tertiary/aromatic N) is 2. The number of thioether (sulfide) groups is 1. The number of fused-ring (bicyclic) bond motifs is 1. The number of carbonyl (C=O) groups is 1. The summed E-state index contributed by atoms with van der Waals surface area (Å²) in [4.78, 5) is 30.6. The minimum absolute atomic E-state index is 0.122. The Hall–Kier alpha value is -3.38. The van der Waals surface area contributed by atoms with Crippen LogP contribution in [0, 0.1) is 0 Å². The maximum Gasteiger partial charge on any atom is 0.266 e. The van der Waals surface area contributed by atoms with E-state index in [1.807, 2.05) is 79.7 Å². The first-order valence-corrected chi connectivity index (χ1v) is 11.6. The van der Waals surface area contributed by atoms with Crippen LogP contribution in [0.25, 0.3) is 16.6 Å². The predicted octanol–water partition coefficient (Wildman–Crippen LogP) is 5.54. The van der Waals surface area contributed by atoms with E-state index in [0.29, 0.717) is 52.7 Å². The lowest BCUT2D eigenvalue weighted by atomic mass is 10.1. The van der Waals surface area contributed by atoms with Crippen molar-refractivity contribution < 1.29 is 9.53 Å². The molecule has 0 aliphatic rings. The highest BCUT2D eigenvalue weighted by atomic mass is 32.2. The van der Waals surface area contributed by atoms with Crippen molar-refractivity contribution in [1.29, 1.82) is 0 Å². The third kappa shape index (κ3) is 4.75. The van der Waals surface area contributed by atoms with Crippen LogP contribution < -0.4 is 10.3 Å². The Bertz CT molecular complexity index is 1290. The molecule has 0 amide bonds. The van der Waals surface area contributed by atoms with Gasteiger partial charge in [-0.1, -0.05) is 66.4 Å². The van der Waals surface area contributed by atoms with Crippen LogP contribution in [0.2, 0.25) is 0 Å². The molecule has 32 heavy (non-hydrogen) atoms. The van der Waals surface area contributed by atoms with Gasteiger partial charge < -0.3 is 4.74 Å². The standard InChI is InChI=1S/C26H24N2O3S/c1-2-31-24-17-9-8-15-22(24)28-25(30)20-13-6-7-14-21(20)27-26(28)32-18-10-16-23(29)19-11-4-3-5-12-19/h3-9,11-15,17H,2,10,16,18H2,1H3. The molecule has 162 valence electrons. The first-order chi connectivity index (χ1) is 15.7. The van der Waals surface area contributed by atoms with Gasteiger partial charge in [-0.3, -0.25) is 14.2 Å². The number of hydrogen-bond acceptors (Lipinski definition) is 5. The summed E-state index contributed by atoms with van der Waals surface area (Å²) in [5.74, 6) is 1.42. The number of rotatable bonds is 9. The average Bonchev–Trinajstić information content (AvgIpc) is 2.83. The predicted molar refractivity (Wildman–Crippen MR) is 129 cm³/mol. The van der Waals surface area contributed by atoms with Gasteiger partial charge in [-0.2, -0.15) is 0 Å². The Labute approximate surface area is 191 Å². The normalized spacial score (nSPS) is 10.9. The van der Waals surface area contributed by atoms with E-state index in [1.165, 1.54) is 11.8 Å². The second-order valence-electron chi connectivity index (χ2n) is 7.19. The van der Waals surface area contributed by atoms with E-state index in [1.54, 1.807) is 10.6 Å². The summed E-state index contributed by atoms with van der Waals surface area (Å²) in [7, 11) is 0. The molecule has 0 fully saturated rings. The van der Waals surface area contributed by atoms with Crippen molar-refractivity contribution in [1.82, 2.24) is 9.55 Å². The topological polar surface area (TPSA) is 61.2 Å². The number of hydrogen-bond donors (Lipinski definition) is 0. The van der Waals surface area contributed by atoms with Gasteiger partial charge in [-0.05, 0) is 37.6 Å². The van der Waals surface area contributed by atoms with Crippen molar-refractivity contribution in [3.05, 3.63) is 94.8 Å². The summed E-state index contributed by atoms with van der Waals surface area (Å²) in [5, 5.41) is 1.15. The van der Waals surface area contributed by atoms with Crippen LogP contribution in [0.3, 0.4) is 0 Å². The smallest absolute Gasteiger partial charge is 0.266 e. The van der Waals surface area contributed by atoms with Gasteiger partial charge in [0.25, 0.3) is 5.56 Å². The molecule has 0 saturated carbocycles. The molecule has 0 bridgehead atoms. The molecule has 4 rings (SSSR count). The van der Waals surface area contributed by atoms with Crippen LogP contribution in [0.4, 0.5) is 0 Å². The second-order valence-corrected chi connectivity index (χ2v) is 8.26. The second kappa shape index (κ2) is 10.3. The highest BCUT2D eigenvalue weighted by Crippen LogP contribution is 2.28. The zero-order valence-corrected chi connectivity index (χ0v) is 18.7. The first kappa shape index (κ1) is 21.8. The van der Waals surface area contributed by atoms with Crippen molar-refractivity contribution in [2.45, 2.75) is 24.9 Å². The molecule has 5 nitrogen and oxygen atoms in total. The molecule has 0 saturated heterocycles. The van der Waals surface area contributed by atoms with E-state index < -0.39 is 0 Å². The maximum atomic E-state index is 13.4. The zero-order valence-electron chi connectivity index (χ0n) is 17.9. The summed E-state index contributed by atoms with van der Waals surface area (Å²) in [6.45, 7) is 2.41. The summed E-state index contributed by atoms with van der Waals surface area (Å²) in [5.41, 5.74) is 1.92. The summed E-state index contributed by atoms with van der Waals surface area (Å²) < 4.78 is 7.40. The van der Waals surface area contributed by atoms with E-state index in [2.05, 4.69) is 0 Å². The largest absolute Gasteiger partial charge is 0.492 e. The third-order valence-corrected chi connectivity index (χ3v) is 6.05. The number of benzene rings is 3. The Kier molecular flexibility index (Phi) is 7.02. The van der Waals surface area contributed by atoms with Gasteiger partial charge in [0.05, 0.1) is 23.2 Å². The highest BCUT2D eigenvalue weighted by molar-refractivity contribution is 7.99. The molecular weight excluding hydrogens is 420 g/mol. The zero-order chi connectivity index (χ0) is 22.3. The van der Waals surface area contributed by atoms with E-state index in [9.17, 15) is 9.59 Å². The van der Waals surface area contributed by atoms with Gasteiger partial charge in [0, 0.05) is 17.7 Å². The van der Waals surface area contributed by atoms with Gasteiger partial charge in [0.1, 0.15) is 5.75 Å². The Morgan fingerprint density at radius 3 is 2.50 bits per heavy atom. The molecule has 4 aromatic rings. The van der Waals surface area contributed by atoms with Crippen LogP contribution >= 0.6 is 11.8 Å². The fraction of sp³-hybridized carbons (Fsp3) is 0.192. The van der Waals surface area contributed by atoms with Gasteiger partial charge in [0.2, 0.25) is 0 Å². The number of ketones is 1. The quantitative estimate of drug-likeness (QED) is 0.147. The van der Waals surface area contributed by atoms with Crippen LogP contribution in [0.15, 0.2) is 88.8 Å². The number of para-hydroxylation sites is 3. The monoisotopic (exact) mass is 444 g/mol. The number of ether oxygens (including phenoxy) is 1. The molecule has 0 atom stereocenters. The van der Waals surface area contributed by atoms with E-state index >= 15 is 0 Å². The van der Waals surface area contributed by atoms with Crippen molar-refractivity contribution in [2.24, 2.45) is 0 Å². The van der Waals surface area contributed by atoms with E-state index in [4.69, 9.17) is 9.72 Å². The molecule has 1 aromatic heterocycles. The molecule has 6 heteroatoms. The lowest BCUT2D eigenvalue weighted by Crippen LogP contribution is -2.22. The van der Waals surface area contributed by atoms with E-state index in [-0.39, 0.29) is 11.3 Å². The van der Waals surface area contributed by atoms with Gasteiger partial charge in [-0.25, -0.2) is 4.98 Å². The van der Waals surface area contributed by atoms with Crippen molar-refractivity contribution >= 4 is 28.4 Å². The van der Waals surface area contributed by atoms with Crippen molar-refractivity contribution in [3.8, 4) is 11.4 Å². The lowest BCUT2D eigenvalue weighted by Gasteiger charge is -2.16. The van der Waals surface area contributed by atoms with Crippen molar-refractivity contribution in [3.63, 3.8) is 0 Å². The van der Waals surface area contributed by atoms with Gasteiger partial charge in [-0.15, -0.1) is 0 Å². The summed E-state index contributed by atoms with van der Waals surface area (Å²) in [6.07, 6.45) is 1.14. The van der Waals surface area contributed by atoms with Gasteiger partial charge in [0.15, 0.2) is 10.9 Å². The average molecular weight is 445 g/mol. The third-order valence-electron chi connectivity index (χ3n) is 5.03. The van der Waals surface area contributed by atoms with Crippen LogP contribution in [-0.4, -0.2) is 27.7 Å². The molecule has 0 radical (unpaired) electrons. The molecule has 0 aliphatic carbocycles. The van der Waals surface area contributed by atoms with Crippen LogP contribution in [0.1, 0.15) is 30.1 Å². The fourth-order valence-corrected chi connectivity index (χ4v) is 4.45. The minimum Gasteiger partial charge on any atom is -0.492 e. The minimum atomic E-state index is -0.134. The molecule has 0 unspecified atom stereocenters. The van der Waals surface area contributed by atoms with Crippen LogP contribution in [-0.2, 0) is 0 Å². The van der Waals surface area contributed by atoms with Gasteiger partial charge >= 0.3 is 0 Å². The van der Waals surface area contributed by atoms with Crippen LogP contribution in [0.5, 0.6) is 5.75 Å². The molecular formula is C26H24N2O3S. The summed E-state index contributed by atoms with van der Waals surface area (Å²) in [6, 6.07) is 24.2. The molecule has 0 N–H and O–H groups in total. The Balaban J connectivity index is 1.63. The molecule has 3 aromatic carbocycles. The molecule has 0 aliphatic heterocycles. The molecule has 0 spiro atoms. The molecule has 1 heterocycles. The fourth-order valence-electron chi connectivity index (χ4n) is 3.51. The summed E-state index contributed by atoms with van der Waals surface area (Å²) >= 11 is 1.48. The number of carbonyl (C=O) groups excluding carboxylic acids is 1. The van der Waals surface area contributed by atoms with Crippen molar-refractivity contribution in [2.75, 3.05) is 12.4 Å². The first-order valence-electron chi connectivity index (χ1n) is 10.6. The van der Waals surface area contributed by atoms with E-state index in [0.717, 1.165) is 5.56 Å². The Morgan fingerprint density at radius 2 is 1.69 bits per heavy atom. The highest BCUT2D eigenvalue weighted by Gasteiger charge is 2.16. The number of Topliss-reactive ketones (excluding diaryl/α,β-unsaturated/α-hetero) is 1. The Morgan fingerprint density at radius 1 is 0.969 bits per heavy atom. The SMILES string of the molecule is CCOc1ccccc1-n1c(SCCCC(=O)c2ccccc2)nc2ccccc2c1=O. The number of aromatic nitrogens is 2.